The topological polar surface area (TPSA) is 67.5 Å². The molecule has 4 N–H and O–H groups in total. The van der Waals surface area contributed by atoms with Gasteiger partial charge in [-0.15, -0.1) is 0 Å². The van der Waals surface area contributed by atoms with Crippen LogP contribution in [0.25, 0.3) is 0 Å². The van der Waals surface area contributed by atoms with Crippen molar-refractivity contribution in [2.24, 2.45) is 5.73 Å². The summed E-state index contributed by atoms with van der Waals surface area (Å²) in [5, 5.41) is 11.5. The van der Waals surface area contributed by atoms with Crippen molar-refractivity contribution in [1.82, 2.24) is 5.32 Å². The van der Waals surface area contributed by atoms with E-state index in [4.69, 9.17) is 10.8 Å². The van der Waals surface area contributed by atoms with Crippen LogP contribution in [0.4, 0.5) is 8.78 Å². The van der Waals surface area contributed by atoms with Gasteiger partial charge in [-0.2, -0.15) is 0 Å². The van der Waals surface area contributed by atoms with E-state index in [2.05, 4.69) is 10.1 Å². The Bertz CT molecular complexity index is 375. The highest BCUT2D eigenvalue weighted by Crippen LogP contribution is 2.20. The third-order valence-electron chi connectivity index (χ3n) is 2.28. The smallest absolute Gasteiger partial charge is 0.165 e. The zero-order chi connectivity index (χ0) is 12.8. The van der Waals surface area contributed by atoms with Gasteiger partial charge in [0.05, 0.1) is 13.7 Å². The van der Waals surface area contributed by atoms with Crippen molar-refractivity contribution >= 4 is 0 Å². The third-order valence-corrected chi connectivity index (χ3v) is 2.28. The van der Waals surface area contributed by atoms with Crippen LogP contribution in [0.3, 0.4) is 0 Å². The summed E-state index contributed by atoms with van der Waals surface area (Å²) in [5.41, 5.74) is 5.64. The summed E-state index contributed by atoms with van der Waals surface area (Å²) in [4.78, 5) is 0. The molecule has 4 nitrogen and oxygen atoms in total. The van der Waals surface area contributed by atoms with Gasteiger partial charge in [-0.3, -0.25) is 0 Å². The lowest BCUT2D eigenvalue weighted by molar-refractivity contribution is 0.262. The predicted octanol–water partition coefficient (Wildman–Crippen LogP) is 0.383. The van der Waals surface area contributed by atoms with Crippen LogP contribution in [-0.2, 0) is 6.54 Å². The molecule has 96 valence electrons. The van der Waals surface area contributed by atoms with Crippen LogP contribution in [0.1, 0.15) is 5.56 Å². The van der Waals surface area contributed by atoms with Crippen LogP contribution in [-0.4, -0.2) is 31.4 Å². The van der Waals surface area contributed by atoms with E-state index >= 15 is 0 Å². The van der Waals surface area contributed by atoms with Crippen molar-refractivity contribution < 1.29 is 18.6 Å². The van der Waals surface area contributed by atoms with Gasteiger partial charge in [0.1, 0.15) is 5.82 Å². The Morgan fingerprint density at radius 3 is 2.71 bits per heavy atom. The summed E-state index contributed by atoms with van der Waals surface area (Å²) in [6.45, 7) is 0.302. The molecule has 6 heteroatoms. The number of nitrogens with two attached hydrogens (primary N) is 1. The van der Waals surface area contributed by atoms with E-state index in [1.54, 1.807) is 0 Å². The first-order valence-corrected chi connectivity index (χ1v) is 5.17. The number of methoxy groups -OCH3 is 1. The van der Waals surface area contributed by atoms with Gasteiger partial charge < -0.3 is 20.9 Å². The summed E-state index contributed by atoms with van der Waals surface area (Å²) in [5.74, 6) is -1.29. The number of halogens is 2. The average molecular weight is 246 g/mol. The van der Waals surface area contributed by atoms with Crippen molar-refractivity contribution in [2.45, 2.75) is 12.6 Å². The summed E-state index contributed by atoms with van der Waals surface area (Å²) in [6, 6.07) is 1.66. The molecule has 1 aromatic rings. The standard InChI is InChI=1S/C11H16F2N2O2/c1-17-11-3-9(12)7(2-10(11)13)4-15-5-8(14)6-16/h2-3,8,15-16H,4-6,14H2,1H3. The number of aliphatic hydroxyl groups excluding tert-OH is 1. The fourth-order valence-electron chi connectivity index (χ4n) is 1.32. The molecule has 0 radical (unpaired) electrons. The molecule has 0 heterocycles. The molecule has 0 amide bonds. The first-order valence-electron chi connectivity index (χ1n) is 5.17. The fourth-order valence-corrected chi connectivity index (χ4v) is 1.32. The highest BCUT2D eigenvalue weighted by Gasteiger charge is 2.10. The molecule has 0 aromatic heterocycles. The van der Waals surface area contributed by atoms with Gasteiger partial charge in [-0.25, -0.2) is 8.78 Å². The molecular formula is C11H16F2N2O2. The number of ether oxygens (including phenoxy) is 1. The highest BCUT2D eigenvalue weighted by molar-refractivity contribution is 5.30. The van der Waals surface area contributed by atoms with Gasteiger partial charge in [-0.1, -0.05) is 0 Å². The Balaban J connectivity index is 2.62. The second-order valence-electron chi connectivity index (χ2n) is 3.65. The summed E-state index contributed by atoms with van der Waals surface area (Å²) < 4.78 is 31.4. The minimum absolute atomic E-state index is 0.127. The molecular weight excluding hydrogens is 230 g/mol. The maximum Gasteiger partial charge on any atom is 0.165 e. The molecule has 0 spiro atoms. The Morgan fingerprint density at radius 1 is 1.41 bits per heavy atom. The molecule has 1 unspecified atom stereocenters. The van der Waals surface area contributed by atoms with E-state index in [-0.39, 0.29) is 24.5 Å². The molecule has 0 aliphatic carbocycles. The molecule has 1 atom stereocenters. The van der Waals surface area contributed by atoms with Gasteiger partial charge in [0, 0.05) is 30.8 Å². The van der Waals surface area contributed by atoms with Gasteiger partial charge in [0.25, 0.3) is 0 Å². The predicted molar refractivity (Wildman–Crippen MR) is 59.7 cm³/mol. The zero-order valence-corrected chi connectivity index (χ0v) is 9.54. The monoisotopic (exact) mass is 246 g/mol. The largest absolute Gasteiger partial charge is 0.494 e. The SMILES string of the molecule is COc1cc(F)c(CNCC(N)CO)cc1F. The number of rotatable bonds is 6. The quantitative estimate of drug-likeness (QED) is 0.679. The molecule has 0 aliphatic heterocycles. The molecule has 17 heavy (non-hydrogen) atoms. The fraction of sp³-hybridized carbons (Fsp3) is 0.455. The Morgan fingerprint density at radius 2 is 2.12 bits per heavy atom. The maximum absolute atomic E-state index is 13.5. The number of nitrogens with one attached hydrogen (secondary N) is 1. The zero-order valence-electron chi connectivity index (χ0n) is 9.54. The second-order valence-corrected chi connectivity index (χ2v) is 3.65. The van der Waals surface area contributed by atoms with Crippen molar-refractivity contribution in [1.29, 1.82) is 0 Å². The molecule has 0 aliphatic rings. The highest BCUT2D eigenvalue weighted by atomic mass is 19.1. The summed E-state index contributed by atoms with van der Waals surface area (Å²) in [6.07, 6.45) is 0. The van der Waals surface area contributed by atoms with Crippen LogP contribution in [0, 0.1) is 11.6 Å². The minimum atomic E-state index is -0.614. The van der Waals surface area contributed by atoms with Crippen LogP contribution in [0.15, 0.2) is 12.1 Å². The number of hydrogen-bond acceptors (Lipinski definition) is 4. The molecule has 0 saturated heterocycles. The lowest BCUT2D eigenvalue weighted by atomic mass is 10.2. The van der Waals surface area contributed by atoms with Crippen LogP contribution >= 0.6 is 0 Å². The van der Waals surface area contributed by atoms with Crippen molar-refractivity contribution in [2.75, 3.05) is 20.3 Å². The molecule has 0 saturated carbocycles. The molecule has 0 fully saturated rings. The normalized spacial score (nSPS) is 12.5. The summed E-state index contributed by atoms with van der Waals surface area (Å²) in [7, 11) is 1.27. The molecule has 0 bridgehead atoms. The average Bonchev–Trinajstić information content (AvgIpc) is 2.32. The van der Waals surface area contributed by atoms with Crippen LogP contribution < -0.4 is 15.8 Å². The lowest BCUT2D eigenvalue weighted by Gasteiger charge is -2.11. The van der Waals surface area contributed by atoms with Crippen molar-refractivity contribution in [3.05, 3.63) is 29.3 Å². The molecule has 1 rings (SSSR count). The maximum atomic E-state index is 13.5. The van der Waals surface area contributed by atoms with E-state index in [1.807, 2.05) is 0 Å². The van der Waals surface area contributed by atoms with E-state index in [9.17, 15) is 8.78 Å². The Kier molecular flexibility index (Phi) is 5.27. The number of benzene rings is 1. The minimum Gasteiger partial charge on any atom is -0.494 e. The van der Waals surface area contributed by atoms with E-state index in [1.165, 1.54) is 7.11 Å². The van der Waals surface area contributed by atoms with Crippen LogP contribution in [0.2, 0.25) is 0 Å². The second kappa shape index (κ2) is 6.48. The van der Waals surface area contributed by atoms with Gasteiger partial charge in [0.15, 0.2) is 11.6 Å². The Hall–Kier alpha value is -1.24. The number of aliphatic hydroxyl groups is 1. The first kappa shape index (κ1) is 13.8. The van der Waals surface area contributed by atoms with Gasteiger partial charge in [0.2, 0.25) is 0 Å². The van der Waals surface area contributed by atoms with Crippen molar-refractivity contribution in [3.63, 3.8) is 0 Å². The van der Waals surface area contributed by atoms with Gasteiger partial charge in [-0.05, 0) is 6.07 Å². The van der Waals surface area contributed by atoms with Gasteiger partial charge >= 0.3 is 0 Å². The lowest BCUT2D eigenvalue weighted by Crippen LogP contribution is -2.36. The van der Waals surface area contributed by atoms with E-state index in [0.29, 0.717) is 6.54 Å². The third kappa shape index (κ3) is 3.92. The number of hydrogen-bond donors (Lipinski definition) is 3. The van der Waals surface area contributed by atoms with Crippen molar-refractivity contribution in [3.8, 4) is 5.75 Å². The van der Waals surface area contributed by atoms with E-state index in [0.717, 1.165) is 12.1 Å². The Labute approximate surface area is 98.4 Å². The van der Waals surface area contributed by atoms with Crippen LogP contribution in [0.5, 0.6) is 5.75 Å². The molecule has 1 aromatic carbocycles. The first-order chi connectivity index (χ1) is 8.08. The van der Waals surface area contributed by atoms with E-state index < -0.39 is 17.7 Å². The summed E-state index contributed by atoms with van der Waals surface area (Å²) >= 11 is 0.